The standard InChI is InChI=1S/C10H7ClFNO3S/c11-8-4-3-7(10(12)17(14,15)16)9-6(8)2-1-5-13-9/h1-5,10H,(H,14,15,16). The molecule has 0 radical (unpaired) electrons. The number of benzene rings is 1. The molecule has 2 rings (SSSR count). The number of aromatic nitrogens is 1. The summed E-state index contributed by atoms with van der Waals surface area (Å²) in [6.45, 7) is 0. The molecule has 0 aliphatic heterocycles. The lowest BCUT2D eigenvalue weighted by Crippen LogP contribution is -2.08. The highest BCUT2D eigenvalue weighted by molar-refractivity contribution is 7.85. The Morgan fingerprint density at radius 2 is 2.06 bits per heavy atom. The Morgan fingerprint density at radius 3 is 2.71 bits per heavy atom. The molecule has 1 aromatic heterocycles. The fourth-order valence-corrected chi connectivity index (χ4v) is 2.23. The molecule has 90 valence electrons. The van der Waals surface area contributed by atoms with E-state index in [4.69, 9.17) is 16.2 Å². The van der Waals surface area contributed by atoms with Gasteiger partial charge < -0.3 is 0 Å². The summed E-state index contributed by atoms with van der Waals surface area (Å²) in [5.41, 5.74) is -2.64. The monoisotopic (exact) mass is 275 g/mol. The Labute approximate surface area is 102 Å². The van der Waals surface area contributed by atoms with Gasteiger partial charge in [-0.15, -0.1) is 0 Å². The number of nitrogens with zero attached hydrogens (tertiary/aromatic N) is 1. The highest BCUT2D eigenvalue weighted by Gasteiger charge is 2.27. The molecule has 2 aromatic rings. The van der Waals surface area contributed by atoms with Crippen molar-refractivity contribution < 1.29 is 17.4 Å². The van der Waals surface area contributed by atoms with Gasteiger partial charge in [0.2, 0.25) is 0 Å². The quantitative estimate of drug-likeness (QED) is 0.856. The molecule has 1 unspecified atom stereocenters. The van der Waals surface area contributed by atoms with Crippen LogP contribution in [-0.2, 0) is 10.1 Å². The van der Waals surface area contributed by atoms with Crippen molar-refractivity contribution in [3.8, 4) is 0 Å². The van der Waals surface area contributed by atoms with Gasteiger partial charge in [-0.3, -0.25) is 9.54 Å². The zero-order valence-electron chi connectivity index (χ0n) is 8.34. The first-order chi connectivity index (χ1) is 7.91. The smallest absolute Gasteiger partial charge is 0.283 e. The second-order valence-electron chi connectivity index (χ2n) is 3.37. The average Bonchev–Trinajstić information content (AvgIpc) is 2.28. The zero-order valence-corrected chi connectivity index (χ0v) is 9.91. The molecule has 0 saturated heterocycles. The first-order valence-corrected chi connectivity index (χ1v) is 6.43. The summed E-state index contributed by atoms with van der Waals surface area (Å²) in [5.74, 6) is 0. The Hall–Kier alpha value is -1.24. The first-order valence-electron chi connectivity index (χ1n) is 4.55. The Bertz CT molecular complexity index is 674. The van der Waals surface area contributed by atoms with E-state index in [-0.39, 0.29) is 11.1 Å². The van der Waals surface area contributed by atoms with Crippen molar-refractivity contribution in [2.24, 2.45) is 0 Å². The Balaban J connectivity index is 2.76. The molecule has 0 aliphatic carbocycles. The predicted molar refractivity (Wildman–Crippen MR) is 62.2 cm³/mol. The van der Waals surface area contributed by atoms with Crippen LogP contribution in [-0.4, -0.2) is 18.0 Å². The third-order valence-electron chi connectivity index (χ3n) is 2.25. The van der Waals surface area contributed by atoms with E-state index in [2.05, 4.69) is 4.98 Å². The lowest BCUT2D eigenvalue weighted by atomic mass is 10.1. The molecule has 17 heavy (non-hydrogen) atoms. The molecule has 0 aliphatic rings. The number of fused-ring (bicyclic) bond motifs is 1. The van der Waals surface area contributed by atoms with Crippen LogP contribution in [0.25, 0.3) is 10.9 Å². The molecule has 1 aromatic carbocycles. The molecule has 1 heterocycles. The van der Waals surface area contributed by atoms with E-state index in [1.165, 1.54) is 18.3 Å². The normalized spacial score (nSPS) is 13.8. The fraction of sp³-hybridized carbons (Fsp3) is 0.100. The third-order valence-corrected chi connectivity index (χ3v) is 3.36. The third kappa shape index (κ3) is 2.24. The number of halogens is 2. The lowest BCUT2D eigenvalue weighted by Gasteiger charge is -2.09. The molecule has 7 heteroatoms. The van der Waals surface area contributed by atoms with Gasteiger partial charge in [0.25, 0.3) is 5.50 Å². The molecular weight excluding hydrogens is 269 g/mol. The van der Waals surface area contributed by atoms with Gasteiger partial charge >= 0.3 is 10.1 Å². The van der Waals surface area contributed by atoms with Crippen molar-refractivity contribution in [2.75, 3.05) is 0 Å². The highest BCUT2D eigenvalue weighted by atomic mass is 35.5. The van der Waals surface area contributed by atoms with E-state index < -0.39 is 15.6 Å². The summed E-state index contributed by atoms with van der Waals surface area (Å²) in [6.07, 6.45) is 1.39. The summed E-state index contributed by atoms with van der Waals surface area (Å²) < 4.78 is 43.8. The van der Waals surface area contributed by atoms with Crippen LogP contribution in [0.5, 0.6) is 0 Å². The Morgan fingerprint density at radius 1 is 1.35 bits per heavy atom. The van der Waals surface area contributed by atoms with Gasteiger partial charge in [0.05, 0.1) is 5.52 Å². The van der Waals surface area contributed by atoms with Crippen molar-refractivity contribution in [1.82, 2.24) is 4.98 Å². The molecule has 0 amide bonds. The Kier molecular flexibility index (Phi) is 3.03. The average molecular weight is 276 g/mol. The second-order valence-corrected chi connectivity index (χ2v) is 5.22. The highest BCUT2D eigenvalue weighted by Crippen LogP contribution is 2.32. The molecule has 0 bridgehead atoms. The van der Waals surface area contributed by atoms with Crippen molar-refractivity contribution in [3.05, 3.63) is 41.0 Å². The molecular formula is C10H7ClFNO3S. The second kappa shape index (κ2) is 4.21. The minimum atomic E-state index is -4.81. The van der Waals surface area contributed by atoms with Crippen LogP contribution in [0.3, 0.4) is 0 Å². The van der Waals surface area contributed by atoms with Gasteiger partial charge in [0, 0.05) is 22.2 Å². The van der Waals surface area contributed by atoms with Crippen LogP contribution in [0.1, 0.15) is 11.1 Å². The molecule has 4 nitrogen and oxygen atoms in total. The maximum Gasteiger partial charge on any atom is 0.302 e. The minimum absolute atomic E-state index is 0.116. The van der Waals surface area contributed by atoms with Crippen LogP contribution < -0.4 is 0 Å². The SMILES string of the molecule is O=S(=O)(O)C(F)c1ccc(Cl)c2cccnc12. The van der Waals surface area contributed by atoms with Gasteiger partial charge in [-0.1, -0.05) is 17.7 Å². The molecule has 0 spiro atoms. The van der Waals surface area contributed by atoms with Gasteiger partial charge in [-0.25, -0.2) is 4.39 Å². The fourth-order valence-electron chi connectivity index (χ4n) is 1.50. The molecule has 0 saturated carbocycles. The van der Waals surface area contributed by atoms with E-state index in [1.54, 1.807) is 12.1 Å². The van der Waals surface area contributed by atoms with Crippen LogP contribution in [0.2, 0.25) is 5.02 Å². The number of rotatable bonds is 2. The van der Waals surface area contributed by atoms with Crippen LogP contribution in [0.4, 0.5) is 4.39 Å². The van der Waals surface area contributed by atoms with Crippen LogP contribution in [0, 0.1) is 0 Å². The van der Waals surface area contributed by atoms with E-state index in [0.717, 1.165) is 0 Å². The minimum Gasteiger partial charge on any atom is -0.283 e. The van der Waals surface area contributed by atoms with Gasteiger partial charge in [0.15, 0.2) is 0 Å². The number of hydrogen-bond acceptors (Lipinski definition) is 3. The molecule has 1 atom stereocenters. The van der Waals surface area contributed by atoms with Crippen molar-refractivity contribution in [2.45, 2.75) is 5.50 Å². The zero-order chi connectivity index (χ0) is 12.6. The van der Waals surface area contributed by atoms with E-state index in [9.17, 15) is 12.8 Å². The van der Waals surface area contributed by atoms with E-state index >= 15 is 0 Å². The van der Waals surface area contributed by atoms with Crippen LogP contribution >= 0.6 is 11.6 Å². The largest absolute Gasteiger partial charge is 0.302 e. The van der Waals surface area contributed by atoms with Crippen molar-refractivity contribution in [1.29, 1.82) is 0 Å². The van der Waals surface area contributed by atoms with Crippen molar-refractivity contribution >= 4 is 32.6 Å². The number of alkyl halides is 1. The van der Waals surface area contributed by atoms with Gasteiger partial charge in [-0.2, -0.15) is 8.42 Å². The van der Waals surface area contributed by atoms with Crippen molar-refractivity contribution in [3.63, 3.8) is 0 Å². The number of hydrogen-bond donors (Lipinski definition) is 1. The maximum atomic E-state index is 13.6. The molecule has 0 fully saturated rings. The molecule has 1 N–H and O–H groups in total. The van der Waals surface area contributed by atoms with Gasteiger partial charge in [-0.05, 0) is 18.2 Å². The predicted octanol–water partition coefficient (Wildman–Crippen LogP) is 2.74. The first kappa shape index (κ1) is 12.2. The van der Waals surface area contributed by atoms with Crippen LogP contribution in [0.15, 0.2) is 30.5 Å². The van der Waals surface area contributed by atoms with E-state index in [1.807, 2.05) is 0 Å². The van der Waals surface area contributed by atoms with E-state index in [0.29, 0.717) is 10.4 Å². The summed E-state index contributed by atoms with van der Waals surface area (Å²) in [5, 5.41) is 0.761. The maximum absolute atomic E-state index is 13.6. The lowest BCUT2D eigenvalue weighted by molar-refractivity contribution is 0.381. The number of pyridine rings is 1. The summed E-state index contributed by atoms with van der Waals surface area (Å²) in [7, 11) is -4.81. The summed E-state index contributed by atoms with van der Waals surface area (Å²) in [4.78, 5) is 3.88. The topological polar surface area (TPSA) is 67.3 Å². The summed E-state index contributed by atoms with van der Waals surface area (Å²) in [6, 6.07) is 5.73. The van der Waals surface area contributed by atoms with Gasteiger partial charge in [0.1, 0.15) is 0 Å². The summed E-state index contributed by atoms with van der Waals surface area (Å²) >= 11 is 5.87.